The predicted octanol–water partition coefficient (Wildman–Crippen LogP) is 4.17. The molecule has 1 N–H and O–H groups in total. The molecular formula is C18H23NO2S. The van der Waals surface area contributed by atoms with Crippen LogP contribution in [0.5, 0.6) is 0 Å². The maximum absolute atomic E-state index is 12.6. The van der Waals surface area contributed by atoms with Crippen molar-refractivity contribution in [2.45, 2.75) is 44.9 Å². The van der Waals surface area contributed by atoms with Crippen molar-refractivity contribution in [3.8, 4) is 0 Å². The van der Waals surface area contributed by atoms with Gasteiger partial charge < -0.3 is 0 Å². The number of benzene rings is 2. The van der Waals surface area contributed by atoms with E-state index < -0.39 is 10.0 Å². The van der Waals surface area contributed by atoms with Gasteiger partial charge in [0.2, 0.25) is 0 Å². The van der Waals surface area contributed by atoms with E-state index in [2.05, 4.69) is 4.72 Å². The summed E-state index contributed by atoms with van der Waals surface area (Å²) in [5, 5.41) is 0. The van der Waals surface area contributed by atoms with Crippen LogP contribution < -0.4 is 4.72 Å². The summed E-state index contributed by atoms with van der Waals surface area (Å²) >= 11 is 0. The van der Waals surface area contributed by atoms with Crippen LogP contribution in [0.2, 0.25) is 0 Å². The zero-order valence-corrected chi connectivity index (χ0v) is 14.2. The van der Waals surface area contributed by atoms with Crippen LogP contribution in [-0.4, -0.2) is 8.42 Å². The van der Waals surface area contributed by atoms with Crippen LogP contribution in [0.3, 0.4) is 0 Å². The van der Waals surface area contributed by atoms with Gasteiger partial charge in [0.1, 0.15) is 0 Å². The molecule has 0 bridgehead atoms. The summed E-state index contributed by atoms with van der Waals surface area (Å²) < 4.78 is 28.0. The van der Waals surface area contributed by atoms with Crippen LogP contribution in [-0.2, 0) is 29.3 Å². The molecule has 0 atom stereocenters. The average Bonchev–Trinajstić information content (AvgIpc) is 2.54. The van der Waals surface area contributed by atoms with E-state index in [9.17, 15) is 8.42 Å². The van der Waals surface area contributed by atoms with Crippen molar-refractivity contribution in [1.29, 1.82) is 0 Å². The summed E-state index contributed by atoms with van der Waals surface area (Å²) in [4.78, 5) is 0.303. The molecule has 0 amide bonds. The molecular weight excluding hydrogens is 294 g/mol. The maximum Gasteiger partial charge on any atom is 0.261 e. The van der Waals surface area contributed by atoms with Gasteiger partial charge in [-0.05, 0) is 48.1 Å². The van der Waals surface area contributed by atoms with Crippen LogP contribution in [0.4, 0.5) is 5.69 Å². The fourth-order valence-corrected chi connectivity index (χ4v) is 3.61. The second kappa shape index (κ2) is 6.97. The van der Waals surface area contributed by atoms with Gasteiger partial charge in [0.15, 0.2) is 0 Å². The molecule has 0 saturated carbocycles. The van der Waals surface area contributed by atoms with E-state index in [1.54, 1.807) is 12.1 Å². The number of rotatable bonds is 6. The van der Waals surface area contributed by atoms with Crippen molar-refractivity contribution in [3.05, 3.63) is 59.2 Å². The number of hydrogen-bond donors (Lipinski definition) is 1. The van der Waals surface area contributed by atoms with E-state index in [1.165, 1.54) is 0 Å². The lowest BCUT2D eigenvalue weighted by Crippen LogP contribution is -2.15. The van der Waals surface area contributed by atoms with Crippen molar-refractivity contribution < 1.29 is 8.42 Å². The first-order valence-electron chi connectivity index (χ1n) is 7.74. The number of para-hydroxylation sites is 1. The monoisotopic (exact) mass is 317 g/mol. The Morgan fingerprint density at radius 2 is 1.36 bits per heavy atom. The van der Waals surface area contributed by atoms with Gasteiger partial charge in [-0.1, -0.05) is 51.1 Å². The first-order valence-corrected chi connectivity index (χ1v) is 9.22. The molecule has 0 aromatic heterocycles. The number of anilines is 1. The number of hydrogen-bond acceptors (Lipinski definition) is 2. The highest BCUT2D eigenvalue weighted by Gasteiger charge is 2.17. The fraction of sp³-hybridized carbons (Fsp3) is 0.333. The van der Waals surface area contributed by atoms with Gasteiger partial charge in [-0.2, -0.15) is 0 Å². The predicted molar refractivity (Wildman–Crippen MR) is 91.8 cm³/mol. The molecule has 4 heteroatoms. The normalized spacial score (nSPS) is 11.4. The lowest BCUT2D eigenvalue weighted by atomic mass is 10.0. The third-order valence-corrected chi connectivity index (χ3v) is 5.24. The Labute approximate surface area is 133 Å². The smallest absolute Gasteiger partial charge is 0.261 e. The summed E-state index contributed by atoms with van der Waals surface area (Å²) in [6.45, 7) is 6.11. The minimum Gasteiger partial charge on any atom is -0.279 e. The van der Waals surface area contributed by atoms with Crippen molar-refractivity contribution >= 4 is 15.7 Å². The van der Waals surface area contributed by atoms with Gasteiger partial charge in [-0.15, -0.1) is 0 Å². The van der Waals surface area contributed by atoms with Crippen molar-refractivity contribution in [1.82, 2.24) is 0 Å². The Morgan fingerprint density at radius 3 is 1.82 bits per heavy atom. The first-order chi connectivity index (χ1) is 10.5. The Kier molecular flexibility index (Phi) is 5.24. The Morgan fingerprint density at radius 1 is 0.818 bits per heavy atom. The zero-order valence-electron chi connectivity index (χ0n) is 13.4. The van der Waals surface area contributed by atoms with E-state index in [1.807, 2.05) is 51.1 Å². The highest BCUT2D eigenvalue weighted by Crippen LogP contribution is 2.25. The molecule has 0 saturated heterocycles. The molecule has 2 rings (SSSR count). The van der Waals surface area contributed by atoms with Gasteiger partial charge in [-0.25, -0.2) is 8.42 Å². The molecule has 0 radical (unpaired) electrons. The Hall–Kier alpha value is -1.81. The van der Waals surface area contributed by atoms with Gasteiger partial charge in [0.05, 0.1) is 10.6 Å². The Balaban J connectivity index is 2.40. The van der Waals surface area contributed by atoms with E-state index in [0.29, 0.717) is 4.90 Å². The molecule has 0 unspecified atom stereocenters. The molecule has 0 aliphatic rings. The molecule has 0 aliphatic carbocycles. The van der Waals surface area contributed by atoms with E-state index in [0.717, 1.165) is 41.6 Å². The van der Waals surface area contributed by atoms with Gasteiger partial charge in [0, 0.05) is 0 Å². The molecule has 3 nitrogen and oxygen atoms in total. The second-order valence-corrected chi connectivity index (χ2v) is 6.94. The van der Waals surface area contributed by atoms with E-state index in [4.69, 9.17) is 0 Å². The maximum atomic E-state index is 12.6. The van der Waals surface area contributed by atoms with Crippen LogP contribution in [0, 0.1) is 0 Å². The minimum atomic E-state index is -3.55. The molecule has 0 heterocycles. The number of nitrogens with one attached hydrogen (secondary N) is 1. The molecule has 0 aliphatic heterocycles. The third kappa shape index (κ3) is 3.50. The number of aryl methyl sites for hydroxylation is 3. The molecule has 0 spiro atoms. The van der Waals surface area contributed by atoms with E-state index in [-0.39, 0.29) is 0 Å². The molecule has 0 fully saturated rings. The van der Waals surface area contributed by atoms with E-state index >= 15 is 0 Å². The van der Waals surface area contributed by atoms with Crippen LogP contribution in [0.1, 0.15) is 37.5 Å². The summed E-state index contributed by atoms with van der Waals surface area (Å²) in [6, 6.07) is 13.0. The molecule has 2 aromatic rings. The zero-order chi connectivity index (χ0) is 16.2. The lowest BCUT2D eigenvalue weighted by Gasteiger charge is -2.15. The summed E-state index contributed by atoms with van der Waals surface area (Å²) in [5.41, 5.74) is 3.90. The quantitative estimate of drug-likeness (QED) is 0.869. The van der Waals surface area contributed by atoms with Crippen LogP contribution >= 0.6 is 0 Å². The largest absolute Gasteiger partial charge is 0.279 e. The first kappa shape index (κ1) is 16.6. The van der Waals surface area contributed by atoms with Crippen LogP contribution in [0.25, 0.3) is 0 Å². The Bertz CT molecular complexity index is 712. The average molecular weight is 317 g/mol. The van der Waals surface area contributed by atoms with Gasteiger partial charge >= 0.3 is 0 Å². The van der Waals surface area contributed by atoms with Crippen molar-refractivity contribution in [2.75, 3.05) is 4.72 Å². The molecule has 2 aromatic carbocycles. The van der Waals surface area contributed by atoms with Gasteiger partial charge in [0.25, 0.3) is 10.0 Å². The highest BCUT2D eigenvalue weighted by atomic mass is 32.2. The van der Waals surface area contributed by atoms with Crippen molar-refractivity contribution in [2.24, 2.45) is 0 Å². The SMILES string of the molecule is CCc1ccc(S(=O)(=O)Nc2c(CC)cccc2CC)cc1. The second-order valence-electron chi connectivity index (χ2n) is 5.26. The topological polar surface area (TPSA) is 46.2 Å². The molecule has 22 heavy (non-hydrogen) atoms. The van der Waals surface area contributed by atoms with Gasteiger partial charge in [-0.3, -0.25) is 4.72 Å². The summed E-state index contributed by atoms with van der Waals surface area (Å²) in [6.07, 6.45) is 2.48. The summed E-state index contributed by atoms with van der Waals surface area (Å²) in [7, 11) is -3.55. The van der Waals surface area contributed by atoms with Crippen molar-refractivity contribution in [3.63, 3.8) is 0 Å². The number of sulfonamides is 1. The standard InChI is InChI=1S/C18H23NO2S/c1-4-14-10-12-17(13-11-14)22(20,21)19-18-15(5-2)8-7-9-16(18)6-3/h7-13,19H,4-6H2,1-3H3. The van der Waals surface area contributed by atoms with Crippen LogP contribution in [0.15, 0.2) is 47.4 Å². The minimum absolute atomic E-state index is 0.303. The highest BCUT2D eigenvalue weighted by molar-refractivity contribution is 7.92. The third-order valence-electron chi connectivity index (χ3n) is 3.88. The lowest BCUT2D eigenvalue weighted by molar-refractivity contribution is 0.601. The summed E-state index contributed by atoms with van der Waals surface area (Å²) in [5.74, 6) is 0. The fourth-order valence-electron chi connectivity index (χ4n) is 2.47. The molecule has 118 valence electrons.